The lowest BCUT2D eigenvalue weighted by molar-refractivity contribution is -0.140. The van der Waals surface area contributed by atoms with E-state index in [1.807, 2.05) is 4.90 Å². The molecule has 0 atom stereocenters. The Kier molecular flexibility index (Phi) is 7.39. The van der Waals surface area contributed by atoms with Crippen LogP contribution in [-0.4, -0.2) is 74.1 Å². The fourth-order valence-electron chi connectivity index (χ4n) is 4.80. The number of nitrogens with zero attached hydrogens (tertiary/aromatic N) is 3. The number of hydrogen-bond donors (Lipinski definition) is 1. The van der Waals surface area contributed by atoms with Gasteiger partial charge in [0.15, 0.2) is 5.96 Å². The minimum absolute atomic E-state index is 0.166. The number of guanidine groups is 1. The first-order chi connectivity index (χ1) is 13.2. The average Bonchev–Trinajstić information content (AvgIpc) is 3.21. The minimum atomic E-state index is 0.166. The van der Waals surface area contributed by atoms with E-state index in [1.165, 1.54) is 32.1 Å². The Morgan fingerprint density at radius 1 is 1.07 bits per heavy atom. The minimum Gasteiger partial charge on any atom is -0.378 e. The van der Waals surface area contributed by atoms with Gasteiger partial charge in [0.2, 0.25) is 5.91 Å². The molecule has 3 aliphatic rings. The standard InChI is InChI=1S/C21H38N4O2/c1-3-21(9-5-6-10-21)17-23-20(22-4-2)25-11-7-18(8-12-25)19(26)24-13-15-27-16-14-24/h18H,3-17H2,1-2H3,(H,22,23). The van der Waals surface area contributed by atoms with Crippen molar-refractivity contribution in [3.63, 3.8) is 0 Å². The van der Waals surface area contributed by atoms with Gasteiger partial charge in [0.05, 0.1) is 13.2 Å². The van der Waals surface area contributed by atoms with Gasteiger partial charge in [0.1, 0.15) is 0 Å². The average molecular weight is 379 g/mol. The SMILES string of the molecule is CCNC(=NCC1(CC)CCCC1)N1CCC(C(=O)N2CCOCC2)CC1. The summed E-state index contributed by atoms with van der Waals surface area (Å²) in [4.78, 5) is 22.1. The molecule has 1 saturated carbocycles. The molecule has 6 nitrogen and oxygen atoms in total. The fraction of sp³-hybridized carbons (Fsp3) is 0.905. The third kappa shape index (κ3) is 5.15. The van der Waals surface area contributed by atoms with Gasteiger partial charge in [-0.15, -0.1) is 0 Å². The molecule has 0 aromatic carbocycles. The van der Waals surface area contributed by atoms with E-state index in [4.69, 9.17) is 9.73 Å². The zero-order valence-corrected chi connectivity index (χ0v) is 17.3. The third-order valence-electron chi connectivity index (χ3n) is 6.78. The largest absolute Gasteiger partial charge is 0.378 e. The van der Waals surface area contributed by atoms with Crippen molar-refractivity contribution in [2.24, 2.45) is 16.3 Å². The molecule has 0 unspecified atom stereocenters. The number of ether oxygens (including phenoxy) is 1. The first-order valence-electron chi connectivity index (χ1n) is 11.1. The number of morpholine rings is 1. The zero-order chi connectivity index (χ0) is 19.1. The van der Waals surface area contributed by atoms with E-state index >= 15 is 0 Å². The summed E-state index contributed by atoms with van der Waals surface area (Å²) in [5.74, 6) is 1.55. The second kappa shape index (κ2) is 9.76. The van der Waals surface area contributed by atoms with Gasteiger partial charge in [0, 0.05) is 45.2 Å². The van der Waals surface area contributed by atoms with Crippen LogP contribution in [0, 0.1) is 11.3 Å². The van der Waals surface area contributed by atoms with E-state index in [2.05, 4.69) is 24.1 Å². The molecular formula is C21H38N4O2. The predicted octanol–water partition coefficient (Wildman–Crippen LogP) is 2.49. The number of amides is 1. The van der Waals surface area contributed by atoms with Crippen LogP contribution in [0.1, 0.15) is 58.8 Å². The normalized spacial score (nSPS) is 24.3. The van der Waals surface area contributed by atoms with Gasteiger partial charge in [0.25, 0.3) is 0 Å². The van der Waals surface area contributed by atoms with Crippen LogP contribution >= 0.6 is 0 Å². The number of rotatable bonds is 5. The molecule has 2 heterocycles. The van der Waals surface area contributed by atoms with Gasteiger partial charge < -0.3 is 19.9 Å². The van der Waals surface area contributed by atoms with Crippen molar-refractivity contribution >= 4 is 11.9 Å². The topological polar surface area (TPSA) is 57.2 Å². The number of carbonyl (C=O) groups excluding carboxylic acids is 1. The number of nitrogens with one attached hydrogen (secondary N) is 1. The van der Waals surface area contributed by atoms with Crippen molar-refractivity contribution in [2.45, 2.75) is 58.8 Å². The molecule has 1 aliphatic carbocycles. The van der Waals surface area contributed by atoms with Crippen molar-refractivity contribution in [3.8, 4) is 0 Å². The predicted molar refractivity (Wildman–Crippen MR) is 109 cm³/mol. The summed E-state index contributed by atoms with van der Waals surface area (Å²) >= 11 is 0. The molecule has 0 spiro atoms. The van der Waals surface area contributed by atoms with Gasteiger partial charge in [-0.2, -0.15) is 0 Å². The molecular weight excluding hydrogens is 340 g/mol. The molecule has 3 fully saturated rings. The summed E-state index contributed by atoms with van der Waals surface area (Å²) < 4.78 is 5.37. The Bertz CT molecular complexity index is 502. The summed E-state index contributed by atoms with van der Waals surface area (Å²) in [6.45, 7) is 11.0. The second-order valence-electron chi connectivity index (χ2n) is 8.43. The lowest BCUT2D eigenvalue weighted by Gasteiger charge is -2.37. The molecule has 27 heavy (non-hydrogen) atoms. The van der Waals surface area contributed by atoms with E-state index in [0.29, 0.717) is 24.5 Å². The highest BCUT2D eigenvalue weighted by Crippen LogP contribution is 2.41. The smallest absolute Gasteiger partial charge is 0.225 e. The van der Waals surface area contributed by atoms with Crippen LogP contribution in [0.15, 0.2) is 4.99 Å². The molecule has 6 heteroatoms. The molecule has 0 aromatic heterocycles. The molecule has 0 aromatic rings. The molecule has 3 rings (SSSR count). The summed E-state index contributed by atoms with van der Waals surface area (Å²) in [6, 6.07) is 0. The van der Waals surface area contributed by atoms with Crippen molar-refractivity contribution in [2.75, 3.05) is 52.5 Å². The lowest BCUT2D eigenvalue weighted by Crippen LogP contribution is -2.50. The van der Waals surface area contributed by atoms with Crippen LogP contribution in [-0.2, 0) is 9.53 Å². The van der Waals surface area contributed by atoms with Crippen LogP contribution in [0.3, 0.4) is 0 Å². The first kappa shape index (κ1) is 20.4. The first-order valence-corrected chi connectivity index (χ1v) is 11.1. The maximum Gasteiger partial charge on any atom is 0.225 e. The number of piperidine rings is 1. The summed E-state index contributed by atoms with van der Waals surface area (Å²) in [6.07, 6.45) is 8.44. The number of likely N-dealkylation sites (tertiary alicyclic amines) is 1. The lowest BCUT2D eigenvalue weighted by atomic mass is 9.83. The molecule has 1 N–H and O–H groups in total. The highest BCUT2D eigenvalue weighted by Gasteiger charge is 2.33. The molecule has 1 amide bonds. The summed E-state index contributed by atoms with van der Waals surface area (Å²) in [5, 5.41) is 3.49. The van der Waals surface area contributed by atoms with Gasteiger partial charge in [-0.3, -0.25) is 9.79 Å². The number of hydrogen-bond acceptors (Lipinski definition) is 3. The van der Waals surface area contributed by atoms with Crippen LogP contribution < -0.4 is 5.32 Å². The highest BCUT2D eigenvalue weighted by molar-refractivity contribution is 5.82. The van der Waals surface area contributed by atoms with E-state index in [0.717, 1.165) is 58.1 Å². The highest BCUT2D eigenvalue weighted by atomic mass is 16.5. The monoisotopic (exact) mass is 378 g/mol. The quantitative estimate of drug-likeness (QED) is 0.590. The van der Waals surface area contributed by atoms with Crippen LogP contribution in [0.2, 0.25) is 0 Å². The summed E-state index contributed by atoms with van der Waals surface area (Å²) in [5.41, 5.74) is 0.422. The van der Waals surface area contributed by atoms with Gasteiger partial charge in [-0.25, -0.2) is 0 Å². The maximum atomic E-state index is 12.7. The summed E-state index contributed by atoms with van der Waals surface area (Å²) in [7, 11) is 0. The van der Waals surface area contributed by atoms with Crippen LogP contribution in [0.4, 0.5) is 0 Å². The van der Waals surface area contributed by atoms with Crippen molar-refractivity contribution in [3.05, 3.63) is 0 Å². The maximum absolute atomic E-state index is 12.7. The van der Waals surface area contributed by atoms with Gasteiger partial charge in [-0.05, 0) is 44.4 Å². The van der Waals surface area contributed by atoms with Gasteiger partial charge >= 0.3 is 0 Å². The Labute approximate surface area is 164 Å². The van der Waals surface area contributed by atoms with E-state index in [-0.39, 0.29) is 5.92 Å². The fourth-order valence-corrected chi connectivity index (χ4v) is 4.80. The molecule has 154 valence electrons. The molecule has 2 saturated heterocycles. The van der Waals surface area contributed by atoms with Gasteiger partial charge in [-0.1, -0.05) is 19.8 Å². The third-order valence-corrected chi connectivity index (χ3v) is 6.78. The number of carbonyl (C=O) groups is 1. The second-order valence-corrected chi connectivity index (χ2v) is 8.43. The number of aliphatic imine (C=N–C) groups is 1. The zero-order valence-electron chi connectivity index (χ0n) is 17.3. The molecule has 2 aliphatic heterocycles. The van der Waals surface area contributed by atoms with Crippen molar-refractivity contribution in [1.82, 2.24) is 15.1 Å². The van der Waals surface area contributed by atoms with Crippen LogP contribution in [0.5, 0.6) is 0 Å². The molecule has 0 radical (unpaired) electrons. The van der Waals surface area contributed by atoms with E-state index in [9.17, 15) is 4.79 Å². The Balaban J connectivity index is 1.54. The Morgan fingerprint density at radius 2 is 1.74 bits per heavy atom. The van der Waals surface area contributed by atoms with E-state index in [1.54, 1.807) is 0 Å². The Hall–Kier alpha value is -1.30. The van der Waals surface area contributed by atoms with Crippen molar-refractivity contribution in [1.29, 1.82) is 0 Å². The van der Waals surface area contributed by atoms with Crippen LogP contribution in [0.25, 0.3) is 0 Å². The van der Waals surface area contributed by atoms with E-state index < -0.39 is 0 Å². The Morgan fingerprint density at radius 3 is 2.33 bits per heavy atom. The van der Waals surface area contributed by atoms with Crippen molar-refractivity contribution < 1.29 is 9.53 Å². The molecule has 0 bridgehead atoms.